The van der Waals surface area contributed by atoms with Gasteiger partial charge in [-0.25, -0.2) is 4.39 Å². The Morgan fingerprint density at radius 3 is 2.33 bits per heavy atom. The van der Waals surface area contributed by atoms with Crippen molar-refractivity contribution in [1.29, 1.82) is 0 Å². The number of amides is 1. The summed E-state index contributed by atoms with van der Waals surface area (Å²) in [6.45, 7) is 2.33. The summed E-state index contributed by atoms with van der Waals surface area (Å²) in [7, 11) is 1.54. The number of nitrogens with one attached hydrogen (secondary N) is 2. The third-order valence-corrected chi connectivity index (χ3v) is 5.09. The number of anilines is 2. The van der Waals surface area contributed by atoms with E-state index in [9.17, 15) is 9.18 Å². The monoisotopic (exact) mass is 472 g/mol. The summed E-state index contributed by atoms with van der Waals surface area (Å²) in [5.74, 6) is 0.418. The molecule has 0 saturated carbocycles. The van der Waals surface area contributed by atoms with E-state index in [1.165, 1.54) is 12.1 Å². The van der Waals surface area contributed by atoms with Crippen LogP contribution in [-0.2, 0) is 11.3 Å². The molecule has 3 rings (SSSR count). The van der Waals surface area contributed by atoms with Gasteiger partial charge in [-0.1, -0.05) is 33.6 Å². The number of carbonyl (C=O) groups excluding carboxylic acids is 1. The van der Waals surface area contributed by atoms with E-state index in [1.54, 1.807) is 25.3 Å². The average Bonchev–Trinajstić information content (AvgIpc) is 2.74. The lowest BCUT2D eigenvalue weighted by Gasteiger charge is -2.15. The minimum absolute atomic E-state index is 0.149. The van der Waals surface area contributed by atoms with E-state index in [0.717, 1.165) is 21.3 Å². The molecule has 0 spiro atoms. The van der Waals surface area contributed by atoms with Crippen molar-refractivity contribution in [1.82, 2.24) is 0 Å². The molecule has 0 radical (unpaired) electrons. The lowest BCUT2D eigenvalue weighted by Crippen LogP contribution is -2.20. The molecular weight excluding hydrogens is 451 g/mol. The van der Waals surface area contributed by atoms with E-state index in [0.29, 0.717) is 23.7 Å². The molecule has 0 fully saturated rings. The van der Waals surface area contributed by atoms with Crippen molar-refractivity contribution in [3.8, 4) is 11.5 Å². The van der Waals surface area contributed by atoms with Crippen LogP contribution in [0.5, 0.6) is 11.5 Å². The highest BCUT2D eigenvalue weighted by atomic mass is 79.9. The van der Waals surface area contributed by atoms with E-state index in [2.05, 4.69) is 26.6 Å². The summed E-state index contributed by atoms with van der Waals surface area (Å²) >= 11 is 3.53. The smallest absolute Gasteiger partial charge is 0.262 e. The predicted molar refractivity (Wildman–Crippen MR) is 120 cm³/mol. The SMILES string of the molecule is COc1cc(CNc2ccc(F)cc2)c(Br)cc1OCC(=O)Nc1ccc(C)cc1. The molecule has 156 valence electrons. The normalized spacial score (nSPS) is 10.4. The van der Waals surface area contributed by atoms with Crippen LogP contribution < -0.4 is 20.1 Å². The highest BCUT2D eigenvalue weighted by Gasteiger charge is 2.12. The molecule has 0 aliphatic carbocycles. The fraction of sp³-hybridized carbons (Fsp3) is 0.174. The van der Waals surface area contributed by atoms with Crippen LogP contribution in [0, 0.1) is 12.7 Å². The first-order chi connectivity index (χ1) is 14.4. The van der Waals surface area contributed by atoms with Gasteiger partial charge < -0.3 is 20.1 Å². The van der Waals surface area contributed by atoms with Crippen molar-refractivity contribution >= 4 is 33.2 Å². The number of carbonyl (C=O) groups is 1. The number of ether oxygens (including phenoxy) is 2. The van der Waals surface area contributed by atoms with Gasteiger partial charge in [-0.15, -0.1) is 0 Å². The molecule has 0 heterocycles. The number of halogens is 2. The number of hydrogen-bond acceptors (Lipinski definition) is 4. The van der Waals surface area contributed by atoms with Crippen molar-refractivity contribution in [3.05, 3.63) is 82.1 Å². The van der Waals surface area contributed by atoms with Crippen molar-refractivity contribution in [2.75, 3.05) is 24.4 Å². The molecule has 1 amide bonds. The van der Waals surface area contributed by atoms with Gasteiger partial charge in [0.1, 0.15) is 5.82 Å². The topological polar surface area (TPSA) is 59.6 Å². The van der Waals surface area contributed by atoms with E-state index in [4.69, 9.17) is 9.47 Å². The van der Waals surface area contributed by atoms with Crippen molar-refractivity contribution in [2.24, 2.45) is 0 Å². The summed E-state index contributed by atoms with van der Waals surface area (Å²) in [4.78, 5) is 12.2. The molecule has 0 bridgehead atoms. The van der Waals surface area contributed by atoms with Gasteiger partial charge in [0.25, 0.3) is 5.91 Å². The summed E-state index contributed by atoms with van der Waals surface area (Å²) in [5.41, 5.74) is 3.56. The molecule has 5 nitrogen and oxygen atoms in total. The Kier molecular flexibility index (Phi) is 7.30. The van der Waals surface area contributed by atoms with Crippen LogP contribution in [-0.4, -0.2) is 19.6 Å². The van der Waals surface area contributed by atoms with E-state index >= 15 is 0 Å². The maximum atomic E-state index is 13.0. The van der Waals surface area contributed by atoms with Crippen LogP contribution in [0.1, 0.15) is 11.1 Å². The zero-order chi connectivity index (χ0) is 21.5. The van der Waals surface area contributed by atoms with E-state index < -0.39 is 0 Å². The summed E-state index contributed by atoms with van der Waals surface area (Å²) in [5, 5.41) is 6.02. The quantitative estimate of drug-likeness (QED) is 0.452. The number of benzene rings is 3. The number of rotatable bonds is 8. The van der Waals surface area contributed by atoms with Crippen LogP contribution in [0.3, 0.4) is 0 Å². The second-order valence-corrected chi connectivity index (χ2v) is 7.51. The Morgan fingerprint density at radius 1 is 1.00 bits per heavy atom. The largest absolute Gasteiger partial charge is 0.493 e. The van der Waals surface area contributed by atoms with Crippen LogP contribution in [0.2, 0.25) is 0 Å². The third-order valence-electron chi connectivity index (χ3n) is 4.35. The Morgan fingerprint density at radius 2 is 1.67 bits per heavy atom. The van der Waals surface area contributed by atoms with Crippen LogP contribution >= 0.6 is 15.9 Å². The molecule has 3 aromatic carbocycles. The minimum Gasteiger partial charge on any atom is -0.493 e. The molecule has 7 heteroatoms. The molecule has 2 N–H and O–H groups in total. The van der Waals surface area contributed by atoms with Gasteiger partial charge in [0.2, 0.25) is 0 Å². The fourth-order valence-electron chi connectivity index (χ4n) is 2.73. The Hall–Kier alpha value is -3.06. The highest BCUT2D eigenvalue weighted by molar-refractivity contribution is 9.10. The third kappa shape index (κ3) is 5.97. The van der Waals surface area contributed by atoms with Crippen LogP contribution in [0.4, 0.5) is 15.8 Å². The Bertz CT molecular complexity index is 1010. The molecule has 0 aromatic heterocycles. The summed E-state index contributed by atoms with van der Waals surface area (Å²) < 4.78 is 24.9. The van der Waals surface area contributed by atoms with Crippen LogP contribution in [0.15, 0.2) is 65.1 Å². The number of hydrogen-bond donors (Lipinski definition) is 2. The van der Waals surface area contributed by atoms with Gasteiger partial charge in [0.05, 0.1) is 7.11 Å². The molecule has 0 atom stereocenters. The van der Waals surface area contributed by atoms with Crippen LogP contribution in [0.25, 0.3) is 0 Å². The molecule has 0 aliphatic heterocycles. The zero-order valence-electron chi connectivity index (χ0n) is 16.7. The first kappa shape index (κ1) is 21.6. The van der Waals surface area contributed by atoms with Crippen molar-refractivity contribution in [3.63, 3.8) is 0 Å². The first-order valence-electron chi connectivity index (χ1n) is 9.30. The lowest BCUT2D eigenvalue weighted by molar-refractivity contribution is -0.118. The molecule has 0 aliphatic rings. The van der Waals surface area contributed by atoms with Gasteiger partial charge in [0.15, 0.2) is 18.1 Å². The lowest BCUT2D eigenvalue weighted by atomic mass is 10.2. The Labute approximate surface area is 183 Å². The van der Waals surface area contributed by atoms with Crippen molar-refractivity contribution < 1.29 is 18.7 Å². The molecular formula is C23H22BrFN2O3. The zero-order valence-corrected chi connectivity index (χ0v) is 18.3. The second-order valence-electron chi connectivity index (χ2n) is 6.66. The molecule has 0 unspecified atom stereocenters. The minimum atomic E-state index is -0.281. The molecule has 30 heavy (non-hydrogen) atoms. The van der Waals surface area contributed by atoms with Gasteiger partial charge in [-0.05, 0) is 61.0 Å². The standard InChI is InChI=1S/C23H22BrFN2O3/c1-15-3-7-19(8-4-15)27-23(28)14-30-22-12-20(24)16(11-21(22)29-2)13-26-18-9-5-17(25)6-10-18/h3-12,26H,13-14H2,1-2H3,(H,27,28). The first-order valence-corrected chi connectivity index (χ1v) is 10.1. The van der Waals surface area contributed by atoms with Crippen molar-refractivity contribution in [2.45, 2.75) is 13.5 Å². The summed E-state index contributed by atoms with van der Waals surface area (Å²) in [6, 6.07) is 17.3. The number of methoxy groups -OCH3 is 1. The predicted octanol–water partition coefficient (Wildman–Crippen LogP) is 5.53. The summed E-state index contributed by atoms with van der Waals surface area (Å²) in [6.07, 6.45) is 0. The van der Waals surface area contributed by atoms with Gasteiger partial charge in [0, 0.05) is 22.4 Å². The second kappa shape index (κ2) is 10.1. The molecule has 3 aromatic rings. The maximum Gasteiger partial charge on any atom is 0.262 e. The van der Waals surface area contributed by atoms with Gasteiger partial charge in [-0.2, -0.15) is 0 Å². The van der Waals surface area contributed by atoms with Gasteiger partial charge >= 0.3 is 0 Å². The highest BCUT2D eigenvalue weighted by Crippen LogP contribution is 2.34. The van der Waals surface area contributed by atoms with E-state index in [-0.39, 0.29) is 18.3 Å². The number of aryl methyl sites for hydroxylation is 1. The maximum absolute atomic E-state index is 13.0. The van der Waals surface area contributed by atoms with E-state index in [1.807, 2.05) is 37.3 Å². The van der Waals surface area contributed by atoms with Gasteiger partial charge in [-0.3, -0.25) is 4.79 Å². The fourth-order valence-corrected chi connectivity index (χ4v) is 3.19. The molecule has 0 saturated heterocycles. The Balaban J connectivity index is 1.62. The average molecular weight is 473 g/mol.